The highest BCUT2D eigenvalue weighted by atomic mass is 16.5. The van der Waals surface area contributed by atoms with Crippen molar-refractivity contribution in [3.05, 3.63) is 35.1 Å². The molecule has 2 bridgehead atoms. The average molecular weight is 275 g/mol. The largest absolute Gasteiger partial charge is 0.512 e. The summed E-state index contributed by atoms with van der Waals surface area (Å²) in [6.45, 7) is 3.38. The van der Waals surface area contributed by atoms with Crippen molar-refractivity contribution in [3.8, 4) is 11.5 Å². The van der Waals surface area contributed by atoms with Gasteiger partial charge in [-0.3, -0.25) is 4.79 Å². The van der Waals surface area contributed by atoms with Crippen molar-refractivity contribution in [3.63, 3.8) is 0 Å². The van der Waals surface area contributed by atoms with E-state index in [1.165, 1.54) is 6.92 Å². The summed E-state index contributed by atoms with van der Waals surface area (Å²) in [4.78, 5) is 12.2. The fourth-order valence-electron chi connectivity index (χ4n) is 3.02. The molecule has 0 aromatic heterocycles. The van der Waals surface area contributed by atoms with Crippen LogP contribution in [0.25, 0.3) is 0 Å². The monoisotopic (exact) mass is 275 g/mol. The molecule has 0 spiro atoms. The Kier molecular flexibility index (Phi) is 2.67. The van der Waals surface area contributed by atoms with Gasteiger partial charge in [-0.15, -0.1) is 0 Å². The van der Waals surface area contributed by atoms with E-state index >= 15 is 0 Å². The molecule has 106 valence electrons. The number of piperidine rings is 1. The minimum atomic E-state index is -0.750. The Balaban J connectivity index is 2.17. The maximum atomic E-state index is 12.2. The molecule has 3 rings (SSSR count). The van der Waals surface area contributed by atoms with Gasteiger partial charge in [0.15, 0.2) is 5.72 Å². The molecule has 0 radical (unpaired) electrons. The molecular formula is C15H17NO4. The van der Waals surface area contributed by atoms with Gasteiger partial charge in [0.25, 0.3) is 5.91 Å². The molecule has 1 aromatic carbocycles. The third-order valence-electron chi connectivity index (χ3n) is 3.89. The number of carbonyl (C=O) groups is 1. The predicted molar refractivity (Wildman–Crippen MR) is 72.9 cm³/mol. The van der Waals surface area contributed by atoms with Crippen LogP contribution in [0.4, 0.5) is 0 Å². The number of methoxy groups -OCH3 is 1. The number of fused-ring (bicyclic) bond motifs is 4. The number of hydrogen-bond acceptors (Lipinski definition) is 4. The molecule has 1 amide bonds. The van der Waals surface area contributed by atoms with Crippen LogP contribution in [0.3, 0.4) is 0 Å². The number of benzene rings is 1. The van der Waals surface area contributed by atoms with Crippen molar-refractivity contribution in [2.75, 3.05) is 7.11 Å². The van der Waals surface area contributed by atoms with Crippen LogP contribution in [-0.2, 0) is 4.79 Å². The summed E-state index contributed by atoms with van der Waals surface area (Å²) in [5, 5.41) is 12.6. The number of ether oxygens (including phenoxy) is 2. The third kappa shape index (κ3) is 1.81. The minimum Gasteiger partial charge on any atom is -0.512 e. The molecule has 2 heterocycles. The molecule has 2 aliphatic heterocycles. The van der Waals surface area contributed by atoms with E-state index in [0.717, 1.165) is 5.56 Å². The number of allylic oxidation sites excluding steroid dienone is 1. The number of amides is 1. The van der Waals surface area contributed by atoms with Crippen LogP contribution in [0.1, 0.15) is 31.7 Å². The Labute approximate surface area is 117 Å². The van der Waals surface area contributed by atoms with Gasteiger partial charge in [-0.2, -0.15) is 0 Å². The molecule has 5 heteroatoms. The maximum absolute atomic E-state index is 12.2. The molecule has 2 aliphatic rings. The first-order valence-electron chi connectivity index (χ1n) is 6.53. The van der Waals surface area contributed by atoms with Gasteiger partial charge in [0.05, 0.1) is 18.4 Å². The summed E-state index contributed by atoms with van der Waals surface area (Å²) in [5.41, 5.74) is 0.568. The zero-order valence-corrected chi connectivity index (χ0v) is 11.7. The first kappa shape index (κ1) is 12.8. The van der Waals surface area contributed by atoms with Crippen LogP contribution in [0, 0.1) is 0 Å². The lowest BCUT2D eigenvalue weighted by Crippen LogP contribution is -2.58. The van der Waals surface area contributed by atoms with Crippen LogP contribution in [-0.4, -0.2) is 23.8 Å². The molecule has 2 atom stereocenters. The maximum Gasteiger partial charge on any atom is 0.254 e. The number of rotatable bonds is 1. The summed E-state index contributed by atoms with van der Waals surface area (Å²) < 4.78 is 11.1. The molecular weight excluding hydrogens is 258 g/mol. The molecule has 1 aromatic rings. The standard InChI is InChI=1S/C15H17NO4/c1-8(17)13-11-7-15(2,16-14(13)18)20-12-6-9(19-3)4-5-10(11)12/h4-6,11,17H,7H2,1-3H3,(H,16,18). The Morgan fingerprint density at radius 3 is 2.95 bits per heavy atom. The Bertz CT molecular complexity index is 618. The lowest BCUT2D eigenvalue weighted by Gasteiger charge is -2.45. The van der Waals surface area contributed by atoms with Crippen molar-refractivity contribution < 1.29 is 19.4 Å². The second-order valence-corrected chi connectivity index (χ2v) is 5.45. The van der Waals surface area contributed by atoms with Crippen LogP contribution in [0.2, 0.25) is 0 Å². The number of carbonyl (C=O) groups excluding carboxylic acids is 1. The second-order valence-electron chi connectivity index (χ2n) is 5.45. The SMILES string of the molecule is COc1ccc2c(c1)OC1(C)CC2C(=C(C)O)C(=O)N1. The normalized spacial score (nSPS) is 29.9. The minimum absolute atomic E-state index is 0.0539. The van der Waals surface area contributed by atoms with Crippen LogP contribution in [0.5, 0.6) is 11.5 Å². The number of aliphatic hydroxyl groups is 1. The molecule has 0 saturated carbocycles. The van der Waals surface area contributed by atoms with Gasteiger partial charge in [0.2, 0.25) is 0 Å². The summed E-state index contributed by atoms with van der Waals surface area (Å²) in [7, 11) is 1.60. The summed E-state index contributed by atoms with van der Waals surface area (Å²) in [6, 6.07) is 5.53. The third-order valence-corrected chi connectivity index (χ3v) is 3.89. The highest BCUT2D eigenvalue weighted by molar-refractivity contribution is 5.97. The lowest BCUT2D eigenvalue weighted by molar-refractivity contribution is -0.127. The van der Waals surface area contributed by atoms with Crippen LogP contribution in [0.15, 0.2) is 29.5 Å². The number of nitrogens with one attached hydrogen (secondary N) is 1. The molecule has 1 saturated heterocycles. The van der Waals surface area contributed by atoms with Crippen molar-refractivity contribution in [2.45, 2.75) is 31.9 Å². The van der Waals surface area contributed by atoms with Crippen molar-refractivity contribution >= 4 is 5.91 Å². The van der Waals surface area contributed by atoms with Crippen molar-refractivity contribution in [1.29, 1.82) is 0 Å². The number of hydrogen-bond donors (Lipinski definition) is 2. The van der Waals surface area contributed by atoms with E-state index in [4.69, 9.17) is 9.47 Å². The summed E-state index contributed by atoms with van der Waals surface area (Å²) in [5.74, 6) is 1.00. The molecule has 5 nitrogen and oxygen atoms in total. The van der Waals surface area contributed by atoms with Gasteiger partial charge in [-0.1, -0.05) is 6.07 Å². The zero-order valence-electron chi connectivity index (χ0n) is 11.7. The zero-order chi connectivity index (χ0) is 14.5. The van der Waals surface area contributed by atoms with Crippen molar-refractivity contribution in [2.24, 2.45) is 0 Å². The van der Waals surface area contributed by atoms with E-state index < -0.39 is 5.72 Å². The molecule has 20 heavy (non-hydrogen) atoms. The van der Waals surface area contributed by atoms with E-state index in [9.17, 15) is 9.90 Å². The predicted octanol–water partition coefficient (Wildman–Crippen LogP) is 2.24. The Hall–Kier alpha value is -2.17. The van der Waals surface area contributed by atoms with E-state index in [0.29, 0.717) is 23.5 Å². The first-order chi connectivity index (χ1) is 9.43. The quantitative estimate of drug-likeness (QED) is 0.609. The van der Waals surface area contributed by atoms with Crippen LogP contribution >= 0.6 is 0 Å². The fourth-order valence-corrected chi connectivity index (χ4v) is 3.02. The first-order valence-corrected chi connectivity index (χ1v) is 6.53. The van der Waals surface area contributed by atoms with E-state index in [2.05, 4.69) is 5.32 Å². The van der Waals surface area contributed by atoms with Gasteiger partial charge < -0.3 is 19.9 Å². The molecule has 0 aliphatic carbocycles. The summed E-state index contributed by atoms with van der Waals surface area (Å²) >= 11 is 0. The van der Waals surface area contributed by atoms with Gasteiger partial charge in [0.1, 0.15) is 11.5 Å². The van der Waals surface area contributed by atoms with Crippen LogP contribution < -0.4 is 14.8 Å². The molecule has 2 unspecified atom stereocenters. The molecule has 2 N–H and O–H groups in total. The highest BCUT2D eigenvalue weighted by Crippen LogP contribution is 2.47. The van der Waals surface area contributed by atoms with Gasteiger partial charge >= 0.3 is 0 Å². The number of aliphatic hydroxyl groups excluding tert-OH is 1. The highest BCUT2D eigenvalue weighted by Gasteiger charge is 2.47. The van der Waals surface area contributed by atoms with Crippen molar-refractivity contribution in [1.82, 2.24) is 5.32 Å². The topological polar surface area (TPSA) is 67.8 Å². The van der Waals surface area contributed by atoms with Gasteiger partial charge in [0, 0.05) is 24.0 Å². The van der Waals surface area contributed by atoms with Gasteiger partial charge in [-0.25, -0.2) is 0 Å². The lowest BCUT2D eigenvalue weighted by atomic mass is 9.78. The smallest absolute Gasteiger partial charge is 0.254 e. The van der Waals surface area contributed by atoms with E-state index in [-0.39, 0.29) is 17.6 Å². The molecule has 1 fully saturated rings. The fraction of sp³-hybridized carbons (Fsp3) is 0.400. The second kappa shape index (κ2) is 4.16. The Morgan fingerprint density at radius 1 is 1.55 bits per heavy atom. The van der Waals surface area contributed by atoms with E-state index in [1.807, 2.05) is 25.1 Å². The average Bonchev–Trinajstić information content (AvgIpc) is 2.35. The van der Waals surface area contributed by atoms with E-state index in [1.54, 1.807) is 7.11 Å². The summed E-state index contributed by atoms with van der Waals surface area (Å²) in [6.07, 6.45) is 0.602. The Morgan fingerprint density at radius 2 is 2.30 bits per heavy atom. The van der Waals surface area contributed by atoms with Gasteiger partial charge in [-0.05, 0) is 19.9 Å².